The van der Waals surface area contributed by atoms with E-state index >= 15 is 0 Å². The Balaban J connectivity index is 1.87. The number of carbonyl (C=O) groups is 2. The fraction of sp³-hybridized carbons (Fsp3) is 0.412. The molecule has 2 amide bonds. The third kappa shape index (κ3) is 9.30. The van der Waals surface area contributed by atoms with Crippen LogP contribution in [0.25, 0.3) is 11.1 Å². The molecule has 9 nitrogen and oxygen atoms in total. The van der Waals surface area contributed by atoms with Gasteiger partial charge in [0, 0.05) is 23.1 Å². The van der Waals surface area contributed by atoms with E-state index in [4.69, 9.17) is 16.2 Å². The van der Waals surface area contributed by atoms with Gasteiger partial charge in [-0.3, -0.25) is 4.79 Å². The molecular weight excluding hydrogens is 578 g/mol. The minimum atomic E-state index is -3.69. The van der Waals surface area contributed by atoms with E-state index in [0.29, 0.717) is 36.1 Å². The number of aryl methyl sites for hydroxylation is 1. The largest absolute Gasteiger partial charge is 0.442 e. The van der Waals surface area contributed by atoms with Crippen LogP contribution < -0.4 is 16.2 Å². The Bertz CT molecular complexity index is 1560. The lowest BCUT2D eigenvalue weighted by Crippen LogP contribution is -2.49. The van der Waals surface area contributed by atoms with E-state index in [9.17, 15) is 23.1 Å². The van der Waals surface area contributed by atoms with E-state index in [1.807, 2.05) is 65.0 Å². The number of nitrogens with one attached hydrogen (secondary N) is 1. The Kier molecular flexibility index (Phi) is 10.9. The monoisotopic (exact) mass is 623 g/mol. The van der Waals surface area contributed by atoms with Crippen molar-refractivity contribution < 1.29 is 27.9 Å². The Morgan fingerprint density at radius 2 is 1.55 bits per heavy atom. The van der Waals surface area contributed by atoms with E-state index < -0.39 is 39.1 Å². The number of hydrogen-bond acceptors (Lipinski definition) is 7. The van der Waals surface area contributed by atoms with E-state index in [0.717, 1.165) is 28.5 Å². The van der Waals surface area contributed by atoms with Crippen molar-refractivity contribution >= 4 is 27.7 Å². The summed E-state index contributed by atoms with van der Waals surface area (Å²) in [6.07, 6.45) is 0.894. The standard InChI is InChI=1S/C34H45N3O6S/c1-22(2)19-27-20-26(13-16-29(27)31(39)37-44(6,41)42)24-9-7-23(8-10-24)17-18-34(33(3,4)5,43-32(36)40)21-30(38)25-11-14-28(35)15-12-25/h7-16,20,22,30,38H,17-19,21,35H2,1-6H3,(H2,36,40)(H,37,39)/t30-,34?/m1/s1. The zero-order chi connectivity index (χ0) is 32.9. The highest BCUT2D eigenvalue weighted by Crippen LogP contribution is 2.44. The number of benzene rings is 3. The van der Waals surface area contributed by atoms with Crippen LogP contribution in [0.3, 0.4) is 0 Å². The molecule has 0 aliphatic rings. The van der Waals surface area contributed by atoms with Crippen LogP contribution in [0.2, 0.25) is 0 Å². The summed E-state index contributed by atoms with van der Waals surface area (Å²) in [6.45, 7) is 9.96. The highest BCUT2D eigenvalue weighted by Gasteiger charge is 2.46. The maximum atomic E-state index is 12.7. The number of anilines is 1. The van der Waals surface area contributed by atoms with Gasteiger partial charge in [-0.05, 0) is 71.2 Å². The van der Waals surface area contributed by atoms with Crippen LogP contribution in [0.5, 0.6) is 0 Å². The minimum Gasteiger partial charge on any atom is -0.442 e. The molecule has 238 valence electrons. The molecule has 0 radical (unpaired) electrons. The third-order valence-corrected chi connectivity index (χ3v) is 8.42. The summed E-state index contributed by atoms with van der Waals surface area (Å²) < 4.78 is 31.2. The zero-order valence-corrected chi connectivity index (χ0v) is 27.2. The van der Waals surface area contributed by atoms with Crippen LogP contribution in [-0.2, 0) is 27.6 Å². The van der Waals surface area contributed by atoms with Gasteiger partial charge in [-0.25, -0.2) is 17.9 Å². The average Bonchev–Trinajstić information content (AvgIpc) is 2.90. The number of aliphatic hydroxyl groups excluding tert-OH is 1. The molecule has 0 spiro atoms. The normalized spacial score (nSPS) is 14.1. The number of nitrogens with two attached hydrogens (primary N) is 2. The lowest BCUT2D eigenvalue weighted by Gasteiger charge is -2.45. The summed E-state index contributed by atoms with van der Waals surface area (Å²) in [5, 5.41) is 11.1. The number of hydrogen-bond donors (Lipinski definition) is 4. The van der Waals surface area contributed by atoms with E-state index in [1.54, 1.807) is 36.4 Å². The first kappa shape index (κ1) is 34.6. The van der Waals surface area contributed by atoms with Crippen molar-refractivity contribution in [1.82, 2.24) is 4.72 Å². The topological polar surface area (TPSA) is 162 Å². The smallest absolute Gasteiger partial charge is 0.405 e. The van der Waals surface area contributed by atoms with Crippen LogP contribution in [-0.4, -0.2) is 37.4 Å². The lowest BCUT2D eigenvalue weighted by molar-refractivity contribution is -0.0985. The second-order valence-corrected chi connectivity index (χ2v) is 14.7. The number of nitrogen functional groups attached to an aromatic ring is 1. The maximum absolute atomic E-state index is 12.7. The molecule has 6 N–H and O–H groups in total. The molecule has 3 rings (SSSR count). The number of ether oxygens (including phenoxy) is 1. The summed E-state index contributed by atoms with van der Waals surface area (Å²) in [6, 6.07) is 20.3. The van der Waals surface area contributed by atoms with Gasteiger partial charge in [0.1, 0.15) is 5.60 Å². The Morgan fingerprint density at radius 1 is 0.955 bits per heavy atom. The van der Waals surface area contributed by atoms with Gasteiger partial charge >= 0.3 is 6.09 Å². The molecule has 0 heterocycles. The van der Waals surface area contributed by atoms with Crippen molar-refractivity contribution in [2.24, 2.45) is 17.1 Å². The molecule has 0 fully saturated rings. The first-order chi connectivity index (χ1) is 20.4. The Labute approximate surface area is 261 Å². The Morgan fingerprint density at radius 3 is 2.07 bits per heavy atom. The molecule has 44 heavy (non-hydrogen) atoms. The number of primary amides is 1. The first-order valence-corrected chi connectivity index (χ1v) is 16.5. The van der Waals surface area contributed by atoms with Crippen LogP contribution >= 0.6 is 0 Å². The van der Waals surface area contributed by atoms with Crippen LogP contribution in [0.4, 0.5) is 10.5 Å². The lowest BCUT2D eigenvalue weighted by atomic mass is 9.69. The molecule has 3 aromatic rings. The number of amides is 2. The summed E-state index contributed by atoms with van der Waals surface area (Å²) in [4.78, 5) is 24.8. The highest BCUT2D eigenvalue weighted by molar-refractivity contribution is 7.89. The van der Waals surface area contributed by atoms with Gasteiger partial charge in [-0.15, -0.1) is 0 Å². The number of rotatable bonds is 12. The predicted octanol–water partition coefficient (Wildman–Crippen LogP) is 5.76. The summed E-state index contributed by atoms with van der Waals surface area (Å²) in [5.74, 6) is -0.395. The fourth-order valence-electron chi connectivity index (χ4n) is 5.41. The van der Waals surface area contributed by atoms with Crippen LogP contribution in [0, 0.1) is 11.3 Å². The molecule has 10 heteroatoms. The van der Waals surface area contributed by atoms with Gasteiger partial charge < -0.3 is 21.3 Å². The van der Waals surface area contributed by atoms with Gasteiger partial charge in [0.25, 0.3) is 5.91 Å². The first-order valence-electron chi connectivity index (χ1n) is 14.7. The molecule has 1 unspecified atom stereocenters. The van der Waals surface area contributed by atoms with Crippen molar-refractivity contribution in [2.75, 3.05) is 12.0 Å². The molecule has 0 saturated heterocycles. The Hall–Kier alpha value is -3.89. The molecule has 0 aromatic heterocycles. The van der Waals surface area contributed by atoms with Crippen LogP contribution in [0.1, 0.15) is 80.6 Å². The number of carbonyl (C=O) groups excluding carboxylic acids is 2. The zero-order valence-electron chi connectivity index (χ0n) is 26.4. The van der Waals surface area contributed by atoms with Crippen molar-refractivity contribution in [1.29, 1.82) is 0 Å². The van der Waals surface area contributed by atoms with E-state index in [1.165, 1.54) is 0 Å². The number of sulfonamides is 1. The van der Waals surface area contributed by atoms with Gasteiger partial charge in [0.05, 0.1) is 12.4 Å². The summed E-state index contributed by atoms with van der Waals surface area (Å²) in [7, 11) is -3.69. The number of aliphatic hydroxyl groups is 1. The molecule has 0 saturated carbocycles. The SMILES string of the molecule is CC(C)Cc1cc(-c2ccc(CCC(C[C@@H](O)c3ccc(N)cc3)(OC(N)=O)C(C)(C)C)cc2)ccc1C(=O)NS(C)(=O)=O. The maximum Gasteiger partial charge on any atom is 0.405 e. The quantitative estimate of drug-likeness (QED) is 0.186. The van der Waals surface area contributed by atoms with Crippen molar-refractivity contribution in [3.05, 3.63) is 89.0 Å². The van der Waals surface area contributed by atoms with E-state index in [2.05, 4.69) is 4.72 Å². The van der Waals surface area contributed by atoms with Gasteiger partial charge in [-0.1, -0.05) is 83.1 Å². The van der Waals surface area contributed by atoms with E-state index in [-0.39, 0.29) is 12.3 Å². The van der Waals surface area contributed by atoms with Crippen molar-refractivity contribution in [2.45, 2.75) is 72.0 Å². The fourth-order valence-corrected chi connectivity index (χ4v) is 5.85. The van der Waals surface area contributed by atoms with Gasteiger partial charge in [-0.2, -0.15) is 0 Å². The highest BCUT2D eigenvalue weighted by atomic mass is 32.2. The van der Waals surface area contributed by atoms with Gasteiger partial charge in [0.15, 0.2) is 0 Å². The second-order valence-electron chi connectivity index (χ2n) is 12.9. The second kappa shape index (κ2) is 13.8. The van der Waals surface area contributed by atoms with Crippen molar-refractivity contribution in [3.8, 4) is 11.1 Å². The third-order valence-electron chi connectivity index (χ3n) is 7.87. The summed E-state index contributed by atoms with van der Waals surface area (Å²) >= 11 is 0. The molecule has 0 aliphatic heterocycles. The molecule has 2 atom stereocenters. The van der Waals surface area contributed by atoms with Crippen molar-refractivity contribution in [3.63, 3.8) is 0 Å². The molecule has 0 aliphatic carbocycles. The van der Waals surface area contributed by atoms with Gasteiger partial charge in [0.2, 0.25) is 10.0 Å². The average molecular weight is 624 g/mol. The predicted molar refractivity (Wildman–Crippen MR) is 174 cm³/mol. The molecular formula is C34H45N3O6S. The summed E-state index contributed by atoms with van der Waals surface area (Å²) in [5.41, 5.74) is 14.9. The molecule has 3 aromatic carbocycles. The van der Waals surface area contributed by atoms with Crippen LogP contribution in [0.15, 0.2) is 66.7 Å². The molecule has 0 bridgehead atoms. The minimum absolute atomic E-state index is 0.152.